The second-order valence-electron chi connectivity index (χ2n) is 4.63. The fourth-order valence-corrected chi connectivity index (χ4v) is 2.50. The van der Waals surface area contributed by atoms with Gasteiger partial charge in [-0.15, -0.1) is 0 Å². The number of carbonyl (C=O) groups excluding carboxylic acids is 1. The average molecular weight is 289 g/mol. The lowest BCUT2D eigenvalue weighted by Crippen LogP contribution is -2.47. The molecule has 0 aromatic heterocycles. The van der Waals surface area contributed by atoms with Crippen LogP contribution in [0.1, 0.15) is 29.6 Å². The second-order valence-corrected chi connectivity index (χ2v) is 5.04. The molecular formula is C13H15ClF2N2O. The maximum Gasteiger partial charge on any atom is 0.257 e. The highest BCUT2D eigenvalue weighted by atomic mass is 35.5. The molecule has 0 radical (unpaired) electrons. The molecule has 2 N–H and O–H groups in total. The molecule has 0 saturated carbocycles. The number of hydrogen-bond acceptors (Lipinski definition) is 2. The standard InChI is InChI=1S/C13H15ClF2N2O/c14-10-6-11(15)9(5-12(10)16)13(19)18-4-2-1-3-8(18)7-17/h5-6,8H,1-4,7,17H2. The summed E-state index contributed by atoms with van der Waals surface area (Å²) in [6.07, 6.45) is 2.63. The molecule has 1 aliphatic rings. The molecule has 6 heteroatoms. The Morgan fingerprint density at radius 3 is 2.79 bits per heavy atom. The van der Waals surface area contributed by atoms with Crippen LogP contribution in [0.4, 0.5) is 8.78 Å². The van der Waals surface area contributed by atoms with Gasteiger partial charge in [0.1, 0.15) is 11.6 Å². The zero-order chi connectivity index (χ0) is 14.0. The van der Waals surface area contributed by atoms with E-state index in [1.807, 2.05) is 0 Å². The van der Waals surface area contributed by atoms with E-state index in [2.05, 4.69) is 0 Å². The average Bonchev–Trinajstić information content (AvgIpc) is 2.42. The van der Waals surface area contributed by atoms with E-state index in [4.69, 9.17) is 17.3 Å². The van der Waals surface area contributed by atoms with Gasteiger partial charge in [-0.1, -0.05) is 11.6 Å². The second kappa shape index (κ2) is 5.84. The van der Waals surface area contributed by atoms with Crippen molar-refractivity contribution in [3.8, 4) is 0 Å². The summed E-state index contributed by atoms with van der Waals surface area (Å²) >= 11 is 5.47. The van der Waals surface area contributed by atoms with Crippen molar-refractivity contribution >= 4 is 17.5 Å². The van der Waals surface area contributed by atoms with E-state index in [9.17, 15) is 13.6 Å². The number of piperidine rings is 1. The fourth-order valence-electron chi connectivity index (χ4n) is 2.35. The van der Waals surface area contributed by atoms with Gasteiger partial charge < -0.3 is 10.6 Å². The number of hydrogen-bond donors (Lipinski definition) is 1. The predicted molar refractivity (Wildman–Crippen MR) is 69.1 cm³/mol. The summed E-state index contributed by atoms with van der Waals surface area (Å²) in [4.78, 5) is 13.8. The van der Waals surface area contributed by atoms with Gasteiger partial charge in [0.05, 0.1) is 10.6 Å². The highest BCUT2D eigenvalue weighted by Crippen LogP contribution is 2.23. The first-order valence-electron chi connectivity index (χ1n) is 6.20. The number of nitrogens with zero attached hydrogens (tertiary/aromatic N) is 1. The number of amides is 1. The minimum absolute atomic E-state index is 0.112. The minimum Gasteiger partial charge on any atom is -0.334 e. The van der Waals surface area contributed by atoms with Crippen LogP contribution in [-0.4, -0.2) is 29.9 Å². The lowest BCUT2D eigenvalue weighted by Gasteiger charge is -2.35. The number of nitrogens with two attached hydrogens (primary N) is 1. The van der Waals surface area contributed by atoms with Gasteiger partial charge in [-0.2, -0.15) is 0 Å². The molecule has 1 atom stereocenters. The quantitative estimate of drug-likeness (QED) is 0.850. The summed E-state index contributed by atoms with van der Waals surface area (Å²) in [5.74, 6) is -2.13. The van der Waals surface area contributed by atoms with Crippen LogP contribution in [-0.2, 0) is 0 Å². The van der Waals surface area contributed by atoms with Gasteiger partial charge in [0.2, 0.25) is 0 Å². The summed E-state index contributed by atoms with van der Waals surface area (Å²) in [5, 5.41) is -0.330. The number of halogens is 3. The molecule has 1 saturated heterocycles. The van der Waals surface area contributed by atoms with Crippen molar-refractivity contribution in [3.63, 3.8) is 0 Å². The molecule has 0 bridgehead atoms. The zero-order valence-corrected chi connectivity index (χ0v) is 11.1. The van der Waals surface area contributed by atoms with Crippen molar-refractivity contribution in [3.05, 3.63) is 34.4 Å². The van der Waals surface area contributed by atoms with E-state index in [1.54, 1.807) is 0 Å². The monoisotopic (exact) mass is 288 g/mol. The first kappa shape index (κ1) is 14.2. The van der Waals surface area contributed by atoms with Crippen molar-refractivity contribution in [2.75, 3.05) is 13.1 Å². The molecule has 3 nitrogen and oxygen atoms in total. The number of carbonyl (C=O) groups is 1. The Kier molecular flexibility index (Phi) is 4.37. The predicted octanol–water partition coefficient (Wildman–Crippen LogP) is 2.57. The molecular weight excluding hydrogens is 274 g/mol. The van der Waals surface area contributed by atoms with Crippen LogP contribution < -0.4 is 5.73 Å². The van der Waals surface area contributed by atoms with E-state index < -0.39 is 17.5 Å². The van der Waals surface area contributed by atoms with Crippen LogP contribution in [0.2, 0.25) is 5.02 Å². The minimum atomic E-state index is -0.808. The Bertz CT molecular complexity index is 496. The molecule has 1 fully saturated rings. The van der Waals surface area contributed by atoms with Crippen LogP contribution in [0.15, 0.2) is 12.1 Å². The third-order valence-corrected chi connectivity index (χ3v) is 3.69. The van der Waals surface area contributed by atoms with Gasteiger partial charge in [0.25, 0.3) is 5.91 Å². The summed E-state index contributed by atoms with van der Waals surface area (Å²) in [5.41, 5.74) is 5.33. The first-order valence-corrected chi connectivity index (χ1v) is 6.58. The van der Waals surface area contributed by atoms with Crippen molar-refractivity contribution in [1.82, 2.24) is 4.90 Å². The van der Waals surface area contributed by atoms with Crippen LogP contribution in [0.3, 0.4) is 0 Å². The highest BCUT2D eigenvalue weighted by Gasteiger charge is 2.28. The fraction of sp³-hybridized carbons (Fsp3) is 0.462. The molecule has 19 heavy (non-hydrogen) atoms. The third-order valence-electron chi connectivity index (χ3n) is 3.40. The van der Waals surface area contributed by atoms with Crippen molar-refractivity contribution < 1.29 is 13.6 Å². The first-order chi connectivity index (χ1) is 9.04. The normalized spacial score (nSPS) is 19.6. The van der Waals surface area contributed by atoms with Crippen molar-refractivity contribution in [1.29, 1.82) is 0 Å². The van der Waals surface area contributed by atoms with Crippen molar-refractivity contribution in [2.45, 2.75) is 25.3 Å². The molecule has 1 unspecified atom stereocenters. The lowest BCUT2D eigenvalue weighted by molar-refractivity contribution is 0.0618. The van der Waals surface area contributed by atoms with Crippen molar-refractivity contribution in [2.24, 2.45) is 5.73 Å². The summed E-state index contributed by atoms with van der Waals surface area (Å²) in [6, 6.07) is 1.56. The molecule has 1 aliphatic heterocycles. The molecule has 1 amide bonds. The molecule has 2 rings (SSSR count). The Morgan fingerprint density at radius 1 is 1.37 bits per heavy atom. The van der Waals surface area contributed by atoms with E-state index in [0.717, 1.165) is 31.4 Å². The summed E-state index contributed by atoms with van der Waals surface area (Å²) in [6.45, 7) is 0.841. The maximum absolute atomic E-state index is 13.7. The molecule has 1 aromatic carbocycles. The van der Waals surface area contributed by atoms with Gasteiger partial charge in [-0.25, -0.2) is 8.78 Å². The number of likely N-dealkylation sites (tertiary alicyclic amines) is 1. The Labute approximate surface area is 115 Å². The molecule has 1 aromatic rings. The smallest absolute Gasteiger partial charge is 0.257 e. The zero-order valence-electron chi connectivity index (χ0n) is 10.3. The van der Waals surface area contributed by atoms with Gasteiger partial charge in [0.15, 0.2) is 0 Å². The Morgan fingerprint density at radius 2 is 2.11 bits per heavy atom. The summed E-state index contributed by atoms with van der Waals surface area (Å²) < 4.78 is 27.1. The molecule has 0 spiro atoms. The number of benzene rings is 1. The largest absolute Gasteiger partial charge is 0.334 e. The van der Waals surface area contributed by atoms with Gasteiger partial charge in [-0.05, 0) is 31.4 Å². The molecule has 1 heterocycles. The van der Waals surface area contributed by atoms with Gasteiger partial charge in [0, 0.05) is 19.1 Å². The molecule has 0 aliphatic carbocycles. The van der Waals surface area contributed by atoms with Crippen LogP contribution in [0.25, 0.3) is 0 Å². The maximum atomic E-state index is 13.7. The van der Waals surface area contributed by atoms with E-state index in [1.165, 1.54) is 4.90 Å². The van der Waals surface area contributed by atoms with Gasteiger partial charge >= 0.3 is 0 Å². The van der Waals surface area contributed by atoms with Gasteiger partial charge in [-0.3, -0.25) is 4.79 Å². The van der Waals surface area contributed by atoms with E-state index in [0.29, 0.717) is 13.1 Å². The molecule has 104 valence electrons. The Balaban J connectivity index is 2.30. The van der Waals surface area contributed by atoms with Crippen LogP contribution in [0.5, 0.6) is 0 Å². The van der Waals surface area contributed by atoms with Crippen LogP contribution in [0, 0.1) is 11.6 Å². The summed E-state index contributed by atoms with van der Waals surface area (Å²) in [7, 11) is 0. The lowest BCUT2D eigenvalue weighted by atomic mass is 10.0. The SMILES string of the molecule is NCC1CCCCN1C(=O)c1cc(F)c(Cl)cc1F. The number of rotatable bonds is 2. The third kappa shape index (κ3) is 2.87. The highest BCUT2D eigenvalue weighted by molar-refractivity contribution is 6.30. The van der Waals surface area contributed by atoms with E-state index in [-0.39, 0.29) is 16.6 Å². The van der Waals surface area contributed by atoms with Crippen LogP contribution >= 0.6 is 11.6 Å². The Hall–Kier alpha value is -1.20. The topological polar surface area (TPSA) is 46.3 Å². The van der Waals surface area contributed by atoms with E-state index >= 15 is 0 Å².